The van der Waals surface area contributed by atoms with Gasteiger partial charge in [0, 0.05) is 0 Å². The van der Waals surface area contributed by atoms with E-state index in [1.165, 1.54) is 19.3 Å². The van der Waals surface area contributed by atoms with Gasteiger partial charge in [-0.3, -0.25) is 0 Å². The molecule has 0 amide bonds. The van der Waals surface area contributed by atoms with Crippen LogP contribution in [0.2, 0.25) is 0 Å². The summed E-state index contributed by atoms with van der Waals surface area (Å²) in [4.78, 5) is 0. The molecule has 0 bridgehead atoms. The van der Waals surface area contributed by atoms with E-state index in [4.69, 9.17) is 0 Å². The van der Waals surface area contributed by atoms with Gasteiger partial charge in [-0.15, -0.1) is 0 Å². The summed E-state index contributed by atoms with van der Waals surface area (Å²) in [5.41, 5.74) is 0.114. The number of aliphatic hydroxyl groups excluding tert-OH is 1. The first-order chi connectivity index (χ1) is 6.04. The van der Waals surface area contributed by atoms with Crippen LogP contribution in [0.15, 0.2) is 0 Å². The molecular weight excluding hydrogens is 160 g/mol. The van der Waals surface area contributed by atoms with Crippen molar-refractivity contribution in [2.45, 2.75) is 72.3 Å². The number of hydrogen-bond acceptors (Lipinski definition) is 1. The largest absolute Gasteiger partial charge is 0.393 e. The van der Waals surface area contributed by atoms with Crippen molar-refractivity contribution in [1.82, 2.24) is 0 Å². The summed E-state index contributed by atoms with van der Waals surface area (Å²) < 4.78 is 0. The lowest BCUT2D eigenvalue weighted by molar-refractivity contribution is 0.0347. The Labute approximate surface area is 83.5 Å². The van der Waals surface area contributed by atoms with Crippen molar-refractivity contribution in [2.75, 3.05) is 0 Å². The zero-order chi connectivity index (χ0) is 10.3. The van der Waals surface area contributed by atoms with Gasteiger partial charge in [0.25, 0.3) is 0 Å². The number of unbranched alkanes of at least 4 members (excludes halogenated alkanes) is 2. The summed E-state index contributed by atoms with van der Waals surface area (Å²) in [6, 6.07) is 0. The van der Waals surface area contributed by atoms with Crippen molar-refractivity contribution in [3.05, 3.63) is 0 Å². The van der Waals surface area contributed by atoms with Crippen molar-refractivity contribution < 1.29 is 5.11 Å². The van der Waals surface area contributed by atoms with E-state index in [-0.39, 0.29) is 11.5 Å². The summed E-state index contributed by atoms with van der Waals surface area (Å²) >= 11 is 0. The Morgan fingerprint density at radius 1 is 1.08 bits per heavy atom. The standard InChI is InChI=1S/C12H26O/c1-5-7-8-9-11(13)12(3,4)10-6-2/h11,13H,5-10H2,1-4H3. The molecule has 1 N–H and O–H groups in total. The van der Waals surface area contributed by atoms with E-state index in [2.05, 4.69) is 27.7 Å². The van der Waals surface area contributed by atoms with Crippen LogP contribution in [-0.2, 0) is 0 Å². The fourth-order valence-electron chi connectivity index (χ4n) is 1.79. The Hall–Kier alpha value is -0.0400. The second kappa shape index (κ2) is 6.42. The third-order valence-corrected chi connectivity index (χ3v) is 2.88. The molecule has 0 aliphatic carbocycles. The van der Waals surface area contributed by atoms with Gasteiger partial charge < -0.3 is 5.11 Å². The van der Waals surface area contributed by atoms with Crippen LogP contribution in [0.3, 0.4) is 0 Å². The van der Waals surface area contributed by atoms with Crippen LogP contribution < -0.4 is 0 Å². The smallest absolute Gasteiger partial charge is 0.0591 e. The molecule has 1 unspecified atom stereocenters. The summed E-state index contributed by atoms with van der Waals surface area (Å²) in [5.74, 6) is 0. The molecule has 0 aromatic carbocycles. The van der Waals surface area contributed by atoms with Crippen molar-refractivity contribution in [3.8, 4) is 0 Å². The van der Waals surface area contributed by atoms with Crippen LogP contribution in [0.5, 0.6) is 0 Å². The zero-order valence-corrected chi connectivity index (χ0v) is 9.77. The number of hydrogen-bond donors (Lipinski definition) is 1. The molecule has 0 aromatic heterocycles. The lowest BCUT2D eigenvalue weighted by atomic mass is 9.80. The van der Waals surface area contributed by atoms with Gasteiger partial charge >= 0.3 is 0 Å². The van der Waals surface area contributed by atoms with Crippen LogP contribution in [-0.4, -0.2) is 11.2 Å². The highest BCUT2D eigenvalue weighted by Crippen LogP contribution is 2.29. The summed E-state index contributed by atoms with van der Waals surface area (Å²) in [6.45, 7) is 8.73. The van der Waals surface area contributed by atoms with Gasteiger partial charge in [0.05, 0.1) is 6.10 Å². The first-order valence-electron chi connectivity index (χ1n) is 5.72. The lowest BCUT2D eigenvalue weighted by Gasteiger charge is -2.30. The molecule has 0 aliphatic heterocycles. The Morgan fingerprint density at radius 3 is 2.15 bits per heavy atom. The minimum Gasteiger partial charge on any atom is -0.393 e. The van der Waals surface area contributed by atoms with Gasteiger partial charge in [-0.25, -0.2) is 0 Å². The molecule has 0 rings (SSSR count). The van der Waals surface area contributed by atoms with Crippen LogP contribution in [0.1, 0.15) is 66.2 Å². The molecule has 0 radical (unpaired) electrons. The van der Waals surface area contributed by atoms with Crippen molar-refractivity contribution in [2.24, 2.45) is 5.41 Å². The maximum absolute atomic E-state index is 9.93. The van der Waals surface area contributed by atoms with Gasteiger partial charge in [0.15, 0.2) is 0 Å². The molecule has 80 valence electrons. The van der Waals surface area contributed by atoms with E-state index in [0.717, 1.165) is 19.3 Å². The normalized spacial score (nSPS) is 14.5. The third-order valence-electron chi connectivity index (χ3n) is 2.88. The van der Waals surface area contributed by atoms with Gasteiger partial charge in [-0.05, 0) is 18.3 Å². The Kier molecular flexibility index (Phi) is 6.40. The second-order valence-electron chi connectivity index (χ2n) is 4.75. The highest BCUT2D eigenvalue weighted by atomic mass is 16.3. The molecule has 0 aliphatic rings. The first-order valence-corrected chi connectivity index (χ1v) is 5.72. The van der Waals surface area contributed by atoms with E-state index >= 15 is 0 Å². The van der Waals surface area contributed by atoms with Gasteiger partial charge in [0.1, 0.15) is 0 Å². The SMILES string of the molecule is CCCCCC(O)C(C)(C)CCC. The summed E-state index contributed by atoms with van der Waals surface area (Å²) in [6.07, 6.45) is 6.81. The Balaban J connectivity index is 3.72. The lowest BCUT2D eigenvalue weighted by Crippen LogP contribution is -2.29. The molecule has 0 saturated carbocycles. The number of aliphatic hydroxyl groups is 1. The molecule has 0 fully saturated rings. The molecule has 0 spiro atoms. The maximum atomic E-state index is 9.93. The fourth-order valence-corrected chi connectivity index (χ4v) is 1.79. The minimum atomic E-state index is -0.112. The molecular formula is C12H26O. The van der Waals surface area contributed by atoms with E-state index in [9.17, 15) is 5.11 Å². The predicted octanol–water partition coefficient (Wildman–Crippen LogP) is 3.75. The van der Waals surface area contributed by atoms with E-state index in [1.807, 2.05) is 0 Å². The first kappa shape index (κ1) is 13.0. The van der Waals surface area contributed by atoms with Crippen molar-refractivity contribution >= 4 is 0 Å². The highest BCUT2D eigenvalue weighted by molar-refractivity contribution is 4.77. The quantitative estimate of drug-likeness (QED) is 0.600. The molecule has 1 heteroatoms. The van der Waals surface area contributed by atoms with Gasteiger partial charge in [-0.1, -0.05) is 53.4 Å². The number of rotatable bonds is 7. The Bertz CT molecular complexity index is 118. The predicted molar refractivity (Wildman–Crippen MR) is 58.8 cm³/mol. The molecule has 0 saturated heterocycles. The fraction of sp³-hybridized carbons (Fsp3) is 1.00. The molecule has 0 aromatic rings. The van der Waals surface area contributed by atoms with E-state index < -0.39 is 0 Å². The van der Waals surface area contributed by atoms with Gasteiger partial charge in [-0.2, -0.15) is 0 Å². The minimum absolute atomic E-state index is 0.112. The monoisotopic (exact) mass is 186 g/mol. The maximum Gasteiger partial charge on any atom is 0.0591 e. The summed E-state index contributed by atoms with van der Waals surface area (Å²) in [5, 5.41) is 9.93. The van der Waals surface area contributed by atoms with Gasteiger partial charge in [0.2, 0.25) is 0 Å². The van der Waals surface area contributed by atoms with Crippen molar-refractivity contribution in [1.29, 1.82) is 0 Å². The van der Waals surface area contributed by atoms with E-state index in [0.29, 0.717) is 0 Å². The molecule has 0 heterocycles. The third kappa shape index (κ3) is 5.30. The second-order valence-corrected chi connectivity index (χ2v) is 4.75. The van der Waals surface area contributed by atoms with Crippen LogP contribution >= 0.6 is 0 Å². The van der Waals surface area contributed by atoms with Crippen molar-refractivity contribution in [3.63, 3.8) is 0 Å². The molecule has 1 nitrogen and oxygen atoms in total. The van der Waals surface area contributed by atoms with E-state index in [1.54, 1.807) is 0 Å². The summed E-state index contributed by atoms with van der Waals surface area (Å²) in [7, 11) is 0. The average Bonchev–Trinajstić information content (AvgIpc) is 2.04. The highest BCUT2D eigenvalue weighted by Gasteiger charge is 2.25. The van der Waals surface area contributed by atoms with Crippen LogP contribution in [0, 0.1) is 5.41 Å². The van der Waals surface area contributed by atoms with Crippen LogP contribution in [0.4, 0.5) is 0 Å². The Morgan fingerprint density at radius 2 is 1.69 bits per heavy atom. The van der Waals surface area contributed by atoms with Crippen LogP contribution in [0.25, 0.3) is 0 Å². The zero-order valence-electron chi connectivity index (χ0n) is 9.77. The average molecular weight is 186 g/mol. The topological polar surface area (TPSA) is 20.2 Å². The molecule has 1 atom stereocenters. The molecule has 13 heavy (non-hydrogen) atoms.